The number of hydrogen-bond acceptors (Lipinski definition) is 4. The second-order valence-corrected chi connectivity index (χ2v) is 12.4. The molecule has 4 heteroatoms. The molecule has 5 rings (SSSR count). The van der Waals surface area contributed by atoms with Crippen LogP contribution in [0.4, 0.5) is 0 Å². The van der Waals surface area contributed by atoms with Gasteiger partial charge < -0.3 is 19.1 Å². The molecule has 32 heavy (non-hydrogen) atoms. The molecule has 0 spiro atoms. The number of fused-ring (bicyclic) bond motifs is 3. The van der Waals surface area contributed by atoms with Crippen LogP contribution >= 0.6 is 0 Å². The number of likely N-dealkylation sites (tertiary alicyclic amines) is 1. The molecule has 0 radical (unpaired) electrons. The highest BCUT2D eigenvalue weighted by molar-refractivity contribution is 5.18. The van der Waals surface area contributed by atoms with Gasteiger partial charge in [0.2, 0.25) is 0 Å². The second kappa shape index (κ2) is 9.32. The molecule has 2 heterocycles. The fourth-order valence-corrected chi connectivity index (χ4v) is 8.37. The predicted molar refractivity (Wildman–Crippen MR) is 128 cm³/mol. The SMILES string of the molecule is C=C1CCC2[C@]3(C)CO[C@@H](C4CCCC4)O[C@@H]3CC[C@@]2(C)[C@@H]1CCOC1CCN(C)CC1. The third-order valence-electron chi connectivity index (χ3n) is 10.4. The van der Waals surface area contributed by atoms with Gasteiger partial charge in [0.25, 0.3) is 0 Å². The Kier molecular flexibility index (Phi) is 6.79. The first-order valence-electron chi connectivity index (χ1n) is 13.6. The molecule has 0 N–H and O–H groups in total. The standard InChI is InChI=1S/C28H47NO3/c1-20-9-10-24-27(2,23(20)14-18-30-22-12-16-29(4)17-13-22)15-11-25-28(24,3)19-31-26(32-25)21-7-5-6-8-21/h21-26H,1,5-19H2,2-4H3/t23-,24?,25-,26-,27+,28+/m1/s1. The lowest BCUT2D eigenvalue weighted by molar-refractivity contribution is -0.316. The first-order valence-corrected chi connectivity index (χ1v) is 13.6. The van der Waals surface area contributed by atoms with Crippen molar-refractivity contribution in [2.75, 3.05) is 33.4 Å². The zero-order valence-electron chi connectivity index (χ0n) is 20.9. The molecule has 4 nitrogen and oxygen atoms in total. The molecule has 0 amide bonds. The van der Waals surface area contributed by atoms with Gasteiger partial charge in [-0.05, 0) is 82.1 Å². The maximum Gasteiger partial charge on any atom is 0.160 e. The minimum Gasteiger partial charge on any atom is -0.378 e. The smallest absolute Gasteiger partial charge is 0.160 e. The van der Waals surface area contributed by atoms with Gasteiger partial charge in [-0.3, -0.25) is 0 Å². The van der Waals surface area contributed by atoms with E-state index in [4.69, 9.17) is 14.2 Å². The predicted octanol–water partition coefficient (Wildman–Crippen LogP) is 5.81. The molecule has 182 valence electrons. The molecule has 0 aromatic rings. The molecule has 6 atom stereocenters. The lowest BCUT2D eigenvalue weighted by Gasteiger charge is -2.63. The van der Waals surface area contributed by atoms with Crippen molar-refractivity contribution in [1.29, 1.82) is 0 Å². The first-order chi connectivity index (χ1) is 15.4. The quantitative estimate of drug-likeness (QED) is 0.500. The van der Waals surface area contributed by atoms with Crippen LogP contribution in [0.3, 0.4) is 0 Å². The van der Waals surface area contributed by atoms with Crippen molar-refractivity contribution in [3.8, 4) is 0 Å². The summed E-state index contributed by atoms with van der Waals surface area (Å²) in [6, 6.07) is 0. The van der Waals surface area contributed by atoms with Gasteiger partial charge in [0.15, 0.2) is 6.29 Å². The fourth-order valence-electron chi connectivity index (χ4n) is 8.37. The van der Waals surface area contributed by atoms with E-state index in [1.54, 1.807) is 0 Å². The van der Waals surface area contributed by atoms with E-state index in [-0.39, 0.29) is 11.7 Å². The zero-order chi connectivity index (χ0) is 22.3. The molecule has 5 aliphatic rings. The van der Waals surface area contributed by atoms with Gasteiger partial charge in [-0.15, -0.1) is 0 Å². The van der Waals surface area contributed by atoms with E-state index in [1.807, 2.05) is 0 Å². The van der Waals surface area contributed by atoms with Gasteiger partial charge in [0.05, 0.1) is 18.8 Å². The normalized spacial score (nSPS) is 44.4. The Morgan fingerprint density at radius 1 is 1.03 bits per heavy atom. The molecule has 2 aliphatic heterocycles. The van der Waals surface area contributed by atoms with Crippen molar-refractivity contribution >= 4 is 0 Å². The largest absolute Gasteiger partial charge is 0.378 e. The fraction of sp³-hybridized carbons (Fsp3) is 0.929. The van der Waals surface area contributed by atoms with E-state index in [1.165, 1.54) is 76.5 Å². The van der Waals surface area contributed by atoms with Crippen LogP contribution in [-0.4, -0.2) is 56.7 Å². The van der Waals surface area contributed by atoms with Crippen molar-refractivity contribution in [1.82, 2.24) is 4.90 Å². The molecule has 5 fully saturated rings. The molecule has 1 unspecified atom stereocenters. The number of rotatable bonds is 5. The van der Waals surface area contributed by atoms with E-state index in [0.717, 1.165) is 26.1 Å². The Morgan fingerprint density at radius 3 is 2.53 bits per heavy atom. The van der Waals surface area contributed by atoms with Crippen molar-refractivity contribution in [3.63, 3.8) is 0 Å². The van der Waals surface area contributed by atoms with Crippen LogP contribution in [-0.2, 0) is 14.2 Å². The van der Waals surface area contributed by atoms with Crippen molar-refractivity contribution in [2.24, 2.45) is 28.6 Å². The van der Waals surface area contributed by atoms with Crippen LogP contribution in [0, 0.1) is 28.6 Å². The van der Waals surface area contributed by atoms with E-state index in [9.17, 15) is 0 Å². The molecule has 0 aromatic carbocycles. The van der Waals surface area contributed by atoms with Gasteiger partial charge in [-0.25, -0.2) is 0 Å². The summed E-state index contributed by atoms with van der Waals surface area (Å²) in [6.45, 7) is 13.7. The van der Waals surface area contributed by atoms with E-state index in [0.29, 0.717) is 35.4 Å². The zero-order valence-corrected chi connectivity index (χ0v) is 20.9. The Balaban J connectivity index is 1.23. The van der Waals surface area contributed by atoms with E-state index < -0.39 is 0 Å². The monoisotopic (exact) mass is 445 g/mol. The average molecular weight is 446 g/mol. The topological polar surface area (TPSA) is 30.9 Å². The first kappa shape index (κ1) is 23.3. The number of hydrogen-bond donors (Lipinski definition) is 0. The highest BCUT2D eigenvalue weighted by Crippen LogP contribution is 2.63. The summed E-state index contributed by atoms with van der Waals surface area (Å²) < 4.78 is 19.6. The summed E-state index contributed by atoms with van der Waals surface area (Å²) in [7, 11) is 2.22. The van der Waals surface area contributed by atoms with Crippen LogP contribution in [0.15, 0.2) is 12.2 Å². The van der Waals surface area contributed by atoms with Gasteiger partial charge in [-0.2, -0.15) is 0 Å². The third-order valence-corrected chi connectivity index (χ3v) is 10.4. The van der Waals surface area contributed by atoms with Crippen molar-refractivity contribution in [2.45, 2.75) is 103 Å². The van der Waals surface area contributed by atoms with Crippen LogP contribution in [0.1, 0.15) is 84.5 Å². The lowest BCUT2D eigenvalue weighted by atomic mass is 9.46. The Hall–Kier alpha value is -0.420. The van der Waals surface area contributed by atoms with Crippen molar-refractivity contribution in [3.05, 3.63) is 12.2 Å². The van der Waals surface area contributed by atoms with Crippen LogP contribution < -0.4 is 0 Å². The number of piperidine rings is 1. The van der Waals surface area contributed by atoms with Gasteiger partial charge in [0, 0.05) is 31.0 Å². The molecule has 0 bridgehead atoms. The number of allylic oxidation sites excluding steroid dienone is 1. The summed E-state index contributed by atoms with van der Waals surface area (Å²) in [5.74, 6) is 1.85. The lowest BCUT2D eigenvalue weighted by Crippen LogP contribution is -2.62. The molecule has 3 saturated carbocycles. The Bertz CT molecular complexity index is 668. The Morgan fingerprint density at radius 2 is 1.78 bits per heavy atom. The molecule has 2 saturated heterocycles. The maximum atomic E-state index is 6.73. The average Bonchev–Trinajstić information content (AvgIpc) is 3.31. The Labute approximate surface area is 196 Å². The summed E-state index contributed by atoms with van der Waals surface area (Å²) >= 11 is 0. The highest BCUT2D eigenvalue weighted by atomic mass is 16.7. The minimum atomic E-state index is 0.0530. The summed E-state index contributed by atoms with van der Waals surface area (Å²) in [6.07, 6.45) is 14.5. The van der Waals surface area contributed by atoms with Crippen LogP contribution in [0.25, 0.3) is 0 Å². The summed E-state index contributed by atoms with van der Waals surface area (Å²) in [5.41, 5.74) is 1.90. The number of nitrogens with zero attached hydrogens (tertiary/aromatic N) is 1. The molecule has 3 aliphatic carbocycles. The highest BCUT2D eigenvalue weighted by Gasteiger charge is 2.60. The second-order valence-electron chi connectivity index (χ2n) is 12.4. The maximum absolute atomic E-state index is 6.73. The van der Waals surface area contributed by atoms with Crippen molar-refractivity contribution < 1.29 is 14.2 Å². The van der Waals surface area contributed by atoms with Gasteiger partial charge >= 0.3 is 0 Å². The van der Waals surface area contributed by atoms with Gasteiger partial charge in [0.1, 0.15) is 0 Å². The molecular weight excluding hydrogens is 398 g/mol. The van der Waals surface area contributed by atoms with Crippen LogP contribution in [0.2, 0.25) is 0 Å². The molecular formula is C28H47NO3. The number of ether oxygens (including phenoxy) is 3. The summed E-state index contributed by atoms with van der Waals surface area (Å²) in [5, 5.41) is 0. The van der Waals surface area contributed by atoms with Gasteiger partial charge in [-0.1, -0.05) is 38.8 Å². The summed E-state index contributed by atoms with van der Waals surface area (Å²) in [4.78, 5) is 2.42. The van der Waals surface area contributed by atoms with Crippen LogP contribution in [0.5, 0.6) is 0 Å². The minimum absolute atomic E-state index is 0.0530. The van der Waals surface area contributed by atoms with E-state index in [2.05, 4.69) is 32.4 Å². The molecule has 0 aromatic heterocycles. The van der Waals surface area contributed by atoms with E-state index >= 15 is 0 Å². The third kappa shape index (κ3) is 4.23.